The standard InChI is InChI=1S/C19H20N4O5S/c1-28-17-6-7-19(18(12-17)23(24)25)29(26,27)22-10-8-21(9-11-22)14-16-4-2-15(13-20)3-5-16/h2-7,12H,8-11,14H2,1H3. The second-order valence-electron chi connectivity index (χ2n) is 6.58. The van der Waals surface area contributed by atoms with E-state index in [-0.39, 0.29) is 23.7 Å². The third-order valence-electron chi connectivity index (χ3n) is 4.80. The van der Waals surface area contributed by atoms with Crippen molar-refractivity contribution in [3.8, 4) is 11.8 Å². The molecule has 29 heavy (non-hydrogen) atoms. The molecule has 1 heterocycles. The van der Waals surface area contributed by atoms with Crippen LogP contribution in [-0.4, -0.2) is 55.8 Å². The first-order valence-electron chi connectivity index (χ1n) is 8.89. The molecule has 0 amide bonds. The minimum atomic E-state index is -3.99. The van der Waals surface area contributed by atoms with Gasteiger partial charge in [-0.1, -0.05) is 12.1 Å². The summed E-state index contributed by atoms with van der Waals surface area (Å²) in [6, 6.07) is 13.1. The zero-order valence-corrected chi connectivity index (χ0v) is 16.6. The first kappa shape index (κ1) is 20.7. The van der Waals surface area contributed by atoms with Crippen LogP contribution >= 0.6 is 0 Å². The average Bonchev–Trinajstić information content (AvgIpc) is 2.74. The van der Waals surface area contributed by atoms with Gasteiger partial charge in [0.05, 0.1) is 29.7 Å². The lowest BCUT2D eigenvalue weighted by molar-refractivity contribution is -0.387. The van der Waals surface area contributed by atoms with Crippen LogP contribution in [-0.2, 0) is 16.6 Å². The van der Waals surface area contributed by atoms with E-state index >= 15 is 0 Å². The Morgan fingerprint density at radius 3 is 2.34 bits per heavy atom. The van der Waals surface area contributed by atoms with Crippen molar-refractivity contribution < 1.29 is 18.1 Å². The molecule has 1 fully saturated rings. The Labute approximate surface area is 168 Å². The molecule has 1 saturated heterocycles. The maximum absolute atomic E-state index is 13.0. The van der Waals surface area contributed by atoms with E-state index in [0.717, 1.165) is 11.6 Å². The van der Waals surface area contributed by atoms with Crippen LogP contribution in [0.5, 0.6) is 5.75 Å². The number of nitro benzene ring substituents is 1. The lowest BCUT2D eigenvalue weighted by Crippen LogP contribution is -2.48. The SMILES string of the molecule is COc1ccc(S(=O)(=O)N2CCN(Cc3ccc(C#N)cc3)CC2)c([N+](=O)[O-])c1. The molecular formula is C19H20N4O5S. The summed E-state index contributed by atoms with van der Waals surface area (Å²) < 4.78 is 32.2. The van der Waals surface area contributed by atoms with Crippen LogP contribution in [0.2, 0.25) is 0 Å². The number of ether oxygens (including phenoxy) is 1. The number of nitriles is 1. The number of hydrogen-bond acceptors (Lipinski definition) is 7. The molecule has 0 radical (unpaired) electrons. The van der Waals surface area contributed by atoms with Crippen molar-refractivity contribution in [3.63, 3.8) is 0 Å². The lowest BCUT2D eigenvalue weighted by atomic mass is 10.1. The fourth-order valence-electron chi connectivity index (χ4n) is 3.19. The zero-order chi connectivity index (χ0) is 21.0. The van der Waals surface area contributed by atoms with E-state index in [4.69, 9.17) is 10.00 Å². The van der Waals surface area contributed by atoms with Gasteiger partial charge in [-0.25, -0.2) is 8.42 Å². The maximum Gasteiger partial charge on any atom is 0.293 e. The van der Waals surface area contributed by atoms with Crippen molar-refractivity contribution in [1.29, 1.82) is 5.26 Å². The van der Waals surface area contributed by atoms with Gasteiger partial charge in [0.2, 0.25) is 10.0 Å². The van der Waals surface area contributed by atoms with Gasteiger partial charge >= 0.3 is 0 Å². The van der Waals surface area contributed by atoms with Crippen LogP contribution in [0.3, 0.4) is 0 Å². The summed E-state index contributed by atoms with van der Waals surface area (Å²) in [7, 11) is -2.63. The van der Waals surface area contributed by atoms with E-state index in [0.29, 0.717) is 25.2 Å². The number of rotatable bonds is 6. The number of nitrogens with zero attached hydrogens (tertiary/aromatic N) is 4. The average molecular weight is 416 g/mol. The monoisotopic (exact) mass is 416 g/mol. The predicted octanol–water partition coefficient (Wildman–Crippen LogP) is 1.98. The Bertz CT molecular complexity index is 1040. The number of piperazine rings is 1. The molecule has 1 aliphatic rings. The molecule has 0 bridgehead atoms. The van der Waals surface area contributed by atoms with E-state index in [9.17, 15) is 18.5 Å². The highest BCUT2D eigenvalue weighted by molar-refractivity contribution is 7.89. The Kier molecular flexibility index (Phi) is 6.12. The van der Waals surface area contributed by atoms with Crippen LogP contribution in [0.1, 0.15) is 11.1 Å². The highest BCUT2D eigenvalue weighted by Crippen LogP contribution is 2.31. The molecule has 2 aromatic rings. The Morgan fingerprint density at radius 1 is 1.14 bits per heavy atom. The predicted molar refractivity (Wildman–Crippen MR) is 105 cm³/mol. The first-order chi connectivity index (χ1) is 13.8. The Hall–Kier alpha value is -3.00. The second kappa shape index (κ2) is 8.57. The van der Waals surface area contributed by atoms with Crippen LogP contribution in [0, 0.1) is 21.4 Å². The van der Waals surface area contributed by atoms with Gasteiger partial charge in [0.15, 0.2) is 4.90 Å². The van der Waals surface area contributed by atoms with Crippen LogP contribution in [0.25, 0.3) is 0 Å². The molecule has 0 aromatic heterocycles. The Balaban J connectivity index is 1.71. The van der Waals surface area contributed by atoms with Gasteiger partial charge in [-0.15, -0.1) is 0 Å². The molecule has 10 heteroatoms. The Morgan fingerprint density at radius 2 is 1.79 bits per heavy atom. The molecule has 0 aliphatic carbocycles. The van der Waals surface area contributed by atoms with Crippen molar-refractivity contribution >= 4 is 15.7 Å². The van der Waals surface area contributed by atoms with E-state index in [1.165, 1.54) is 23.5 Å². The molecule has 0 atom stereocenters. The molecule has 152 valence electrons. The lowest BCUT2D eigenvalue weighted by Gasteiger charge is -2.33. The summed E-state index contributed by atoms with van der Waals surface area (Å²) in [6.45, 7) is 2.12. The number of sulfonamides is 1. The summed E-state index contributed by atoms with van der Waals surface area (Å²) in [5.41, 5.74) is 1.13. The minimum absolute atomic E-state index is 0.225. The third kappa shape index (κ3) is 4.54. The quantitative estimate of drug-likeness (QED) is 0.522. The van der Waals surface area contributed by atoms with E-state index in [1.807, 2.05) is 12.1 Å². The van der Waals surface area contributed by atoms with E-state index < -0.39 is 20.6 Å². The van der Waals surface area contributed by atoms with Crippen LogP contribution in [0.15, 0.2) is 47.4 Å². The van der Waals surface area contributed by atoms with Gasteiger partial charge in [-0.05, 0) is 29.8 Å². The summed E-state index contributed by atoms with van der Waals surface area (Å²) in [6.07, 6.45) is 0. The third-order valence-corrected chi connectivity index (χ3v) is 6.75. The number of benzene rings is 2. The fraction of sp³-hybridized carbons (Fsp3) is 0.316. The van der Waals surface area contributed by atoms with Crippen LogP contribution in [0.4, 0.5) is 5.69 Å². The van der Waals surface area contributed by atoms with Crippen molar-refractivity contribution in [3.05, 3.63) is 63.7 Å². The summed E-state index contributed by atoms with van der Waals surface area (Å²) >= 11 is 0. The molecule has 2 aromatic carbocycles. The van der Waals surface area contributed by atoms with Crippen LogP contribution < -0.4 is 4.74 Å². The van der Waals surface area contributed by atoms with E-state index in [1.54, 1.807) is 12.1 Å². The van der Waals surface area contributed by atoms with Crippen molar-refractivity contribution in [2.75, 3.05) is 33.3 Å². The van der Waals surface area contributed by atoms with Crippen molar-refractivity contribution in [2.24, 2.45) is 0 Å². The minimum Gasteiger partial charge on any atom is -0.497 e. The number of nitro groups is 1. The summed E-state index contributed by atoms with van der Waals surface area (Å²) in [5, 5.41) is 20.2. The molecule has 0 saturated carbocycles. The molecule has 1 aliphatic heterocycles. The summed E-state index contributed by atoms with van der Waals surface area (Å²) in [5.74, 6) is 0.225. The second-order valence-corrected chi connectivity index (χ2v) is 8.49. The van der Waals surface area contributed by atoms with Crippen molar-refractivity contribution in [1.82, 2.24) is 9.21 Å². The van der Waals surface area contributed by atoms with Crippen molar-refractivity contribution in [2.45, 2.75) is 11.4 Å². The molecular weight excluding hydrogens is 396 g/mol. The van der Waals surface area contributed by atoms with E-state index in [2.05, 4.69) is 11.0 Å². The number of methoxy groups -OCH3 is 1. The normalized spacial score (nSPS) is 15.6. The highest BCUT2D eigenvalue weighted by atomic mass is 32.2. The van der Waals surface area contributed by atoms with Gasteiger partial charge in [0, 0.05) is 32.7 Å². The molecule has 9 nitrogen and oxygen atoms in total. The zero-order valence-electron chi connectivity index (χ0n) is 15.8. The highest BCUT2D eigenvalue weighted by Gasteiger charge is 2.34. The van der Waals surface area contributed by atoms with Gasteiger partial charge in [0.25, 0.3) is 5.69 Å². The van der Waals surface area contributed by atoms with Gasteiger partial charge in [-0.3, -0.25) is 15.0 Å². The molecule has 0 N–H and O–H groups in total. The van der Waals surface area contributed by atoms with Gasteiger partial charge < -0.3 is 4.74 Å². The molecule has 0 unspecified atom stereocenters. The fourth-order valence-corrected chi connectivity index (χ4v) is 4.75. The van der Waals surface area contributed by atoms with Gasteiger partial charge in [0.1, 0.15) is 5.75 Å². The first-order valence-corrected chi connectivity index (χ1v) is 10.3. The molecule has 3 rings (SSSR count). The smallest absolute Gasteiger partial charge is 0.293 e. The maximum atomic E-state index is 13.0. The topological polar surface area (TPSA) is 117 Å². The summed E-state index contributed by atoms with van der Waals surface area (Å²) in [4.78, 5) is 12.4. The molecule has 0 spiro atoms. The number of hydrogen-bond donors (Lipinski definition) is 0. The van der Waals surface area contributed by atoms with Gasteiger partial charge in [-0.2, -0.15) is 9.57 Å². The largest absolute Gasteiger partial charge is 0.497 e.